The number of morpholine rings is 1. The van der Waals surface area contributed by atoms with Crippen molar-refractivity contribution in [1.29, 1.82) is 0 Å². The number of hydrogen-bond donors (Lipinski definition) is 2. The summed E-state index contributed by atoms with van der Waals surface area (Å²) >= 11 is 6.19. The number of aryl methyl sites for hydroxylation is 1. The Morgan fingerprint density at radius 3 is 2.56 bits per heavy atom. The lowest BCUT2D eigenvalue weighted by Crippen LogP contribution is -2.38. The minimum Gasteiger partial charge on any atom is -0.482 e. The summed E-state index contributed by atoms with van der Waals surface area (Å²) in [5.41, 5.74) is 1.48. The van der Waals surface area contributed by atoms with Gasteiger partial charge in [0.15, 0.2) is 6.61 Å². The Bertz CT molecular complexity index is 1010. The summed E-state index contributed by atoms with van der Waals surface area (Å²) in [6.07, 6.45) is 0.840. The molecule has 0 unspecified atom stereocenters. The Kier molecular flexibility index (Phi) is 8.75. The third-order valence-corrected chi connectivity index (χ3v) is 6.63. The molecule has 2 aromatic rings. The maximum absolute atomic E-state index is 12.6. The molecular formula is C22H28ClN3O5S. The van der Waals surface area contributed by atoms with Gasteiger partial charge < -0.3 is 14.8 Å². The van der Waals surface area contributed by atoms with E-state index in [2.05, 4.69) is 14.9 Å². The summed E-state index contributed by atoms with van der Waals surface area (Å²) in [6.45, 7) is 6.52. The van der Waals surface area contributed by atoms with Crippen molar-refractivity contribution in [2.24, 2.45) is 0 Å². The van der Waals surface area contributed by atoms with E-state index in [9.17, 15) is 13.2 Å². The molecule has 0 bridgehead atoms. The fourth-order valence-corrected chi connectivity index (χ4v) is 4.54. The number of nitrogens with one attached hydrogen (secondary N) is 2. The van der Waals surface area contributed by atoms with Gasteiger partial charge in [-0.1, -0.05) is 29.3 Å². The number of sulfonamides is 1. The zero-order chi connectivity index (χ0) is 23.0. The number of benzene rings is 2. The van der Waals surface area contributed by atoms with E-state index in [1.165, 1.54) is 18.2 Å². The minimum atomic E-state index is -3.80. The van der Waals surface area contributed by atoms with Crippen molar-refractivity contribution in [3.8, 4) is 5.75 Å². The van der Waals surface area contributed by atoms with E-state index in [1.54, 1.807) is 12.1 Å². The number of amides is 1. The van der Waals surface area contributed by atoms with Crippen molar-refractivity contribution in [3.05, 3.63) is 53.1 Å². The van der Waals surface area contributed by atoms with Gasteiger partial charge in [-0.3, -0.25) is 14.4 Å². The van der Waals surface area contributed by atoms with E-state index >= 15 is 0 Å². The lowest BCUT2D eigenvalue weighted by molar-refractivity contribution is -0.123. The summed E-state index contributed by atoms with van der Waals surface area (Å²) in [7, 11) is -3.80. The van der Waals surface area contributed by atoms with Gasteiger partial charge in [0.05, 0.1) is 23.1 Å². The largest absolute Gasteiger partial charge is 0.482 e. The van der Waals surface area contributed by atoms with Crippen molar-refractivity contribution in [2.75, 3.05) is 50.7 Å². The van der Waals surface area contributed by atoms with Crippen LogP contribution in [0.25, 0.3) is 0 Å². The van der Waals surface area contributed by atoms with Crippen LogP contribution in [0, 0.1) is 6.92 Å². The SMILES string of the molecule is Cc1ccc(NS(=O)(=O)c2ccc(OCC(=O)NCCCN3CCOCC3)c(Cl)c2)cc1. The third-order valence-electron chi connectivity index (χ3n) is 4.95. The van der Waals surface area contributed by atoms with Gasteiger partial charge in [0.25, 0.3) is 15.9 Å². The van der Waals surface area contributed by atoms with Gasteiger partial charge in [-0.15, -0.1) is 0 Å². The first kappa shape index (κ1) is 24.3. The zero-order valence-corrected chi connectivity index (χ0v) is 19.5. The van der Waals surface area contributed by atoms with Crippen LogP contribution in [0.4, 0.5) is 5.69 Å². The van der Waals surface area contributed by atoms with Gasteiger partial charge >= 0.3 is 0 Å². The van der Waals surface area contributed by atoms with Gasteiger partial charge in [-0.05, 0) is 50.2 Å². The summed E-state index contributed by atoms with van der Waals surface area (Å²) in [6, 6.07) is 11.1. The molecule has 10 heteroatoms. The number of anilines is 1. The monoisotopic (exact) mass is 481 g/mol. The van der Waals surface area contributed by atoms with Gasteiger partial charge in [0.1, 0.15) is 5.75 Å². The lowest BCUT2D eigenvalue weighted by Gasteiger charge is -2.26. The molecule has 2 N–H and O–H groups in total. The molecule has 1 saturated heterocycles. The molecule has 0 aliphatic carbocycles. The first-order valence-electron chi connectivity index (χ1n) is 10.4. The van der Waals surface area contributed by atoms with E-state index in [0.717, 1.165) is 44.8 Å². The topological polar surface area (TPSA) is 97.0 Å². The number of carbonyl (C=O) groups is 1. The van der Waals surface area contributed by atoms with Crippen molar-refractivity contribution in [1.82, 2.24) is 10.2 Å². The van der Waals surface area contributed by atoms with E-state index in [-0.39, 0.29) is 28.2 Å². The van der Waals surface area contributed by atoms with Crippen molar-refractivity contribution in [2.45, 2.75) is 18.2 Å². The Morgan fingerprint density at radius 2 is 1.88 bits per heavy atom. The maximum atomic E-state index is 12.6. The average Bonchev–Trinajstić information content (AvgIpc) is 2.78. The van der Waals surface area contributed by atoms with Crippen LogP contribution in [-0.4, -0.2) is 65.2 Å². The number of nitrogens with zero attached hydrogens (tertiary/aromatic N) is 1. The molecule has 1 heterocycles. The molecule has 0 atom stereocenters. The number of halogens is 1. The first-order valence-corrected chi connectivity index (χ1v) is 12.3. The Balaban J connectivity index is 1.46. The van der Waals surface area contributed by atoms with Crippen LogP contribution < -0.4 is 14.8 Å². The second kappa shape index (κ2) is 11.5. The second-order valence-corrected chi connectivity index (χ2v) is 9.60. The van der Waals surface area contributed by atoms with Crippen molar-refractivity contribution >= 4 is 33.2 Å². The van der Waals surface area contributed by atoms with Crippen LogP contribution in [0.1, 0.15) is 12.0 Å². The van der Waals surface area contributed by atoms with Crippen molar-refractivity contribution < 1.29 is 22.7 Å². The number of rotatable bonds is 10. The molecule has 174 valence electrons. The molecule has 0 saturated carbocycles. The fourth-order valence-electron chi connectivity index (χ4n) is 3.15. The zero-order valence-electron chi connectivity index (χ0n) is 18.0. The average molecular weight is 482 g/mol. The molecule has 1 fully saturated rings. The molecule has 1 amide bonds. The van der Waals surface area contributed by atoms with Gasteiger partial charge in [0.2, 0.25) is 0 Å². The van der Waals surface area contributed by atoms with Crippen LogP contribution in [0.2, 0.25) is 5.02 Å². The summed E-state index contributed by atoms with van der Waals surface area (Å²) < 4.78 is 38.5. The molecule has 0 spiro atoms. The molecular weight excluding hydrogens is 454 g/mol. The van der Waals surface area contributed by atoms with Gasteiger partial charge in [0, 0.05) is 25.3 Å². The van der Waals surface area contributed by atoms with Crippen LogP contribution in [-0.2, 0) is 19.6 Å². The predicted octanol–water partition coefficient (Wildman–Crippen LogP) is 2.67. The van der Waals surface area contributed by atoms with Gasteiger partial charge in [-0.2, -0.15) is 0 Å². The van der Waals surface area contributed by atoms with E-state index in [4.69, 9.17) is 21.1 Å². The van der Waals surface area contributed by atoms with Gasteiger partial charge in [-0.25, -0.2) is 8.42 Å². The third kappa shape index (κ3) is 7.37. The molecule has 3 rings (SSSR count). The quantitative estimate of drug-likeness (QED) is 0.506. The summed E-state index contributed by atoms with van der Waals surface area (Å²) in [5, 5.41) is 2.92. The maximum Gasteiger partial charge on any atom is 0.261 e. The highest BCUT2D eigenvalue weighted by molar-refractivity contribution is 7.92. The second-order valence-electron chi connectivity index (χ2n) is 7.51. The molecule has 8 nitrogen and oxygen atoms in total. The Labute approximate surface area is 193 Å². The molecule has 2 aromatic carbocycles. The Morgan fingerprint density at radius 1 is 1.16 bits per heavy atom. The highest BCUT2D eigenvalue weighted by Crippen LogP contribution is 2.28. The number of hydrogen-bond acceptors (Lipinski definition) is 6. The smallest absolute Gasteiger partial charge is 0.261 e. The fraction of sp³-hybridized carbons (Fsp3) is 0.409. The molecule has 0 radical (unpaired) electrons. The molecule has 0 aromatic heterocycles. The predicted molar refractivity (Wildman–Crippen MR) is 124 cm³/mol. The van der Waals surface area contributed by atoms with Crippen molar-refractivity contribution in [3.63, 3.8) is 0 Å². The van der Waals surface area contributed by atoms with Crippen LogP contribution in [0.5, 0.6) is 5.75 Å². The summed E-state index contributed by atoms with van der Waals surface area (Å²) in [5.74, 6) is -0.0230. The minimum absolute atomic E-state index is 0.00277. The van der Waals surface area contributed by atoms with E-state index in [0.29, 0.717) is 12.2 Å². The van der Waals surface area contributed by atoms with Crippen LogP contribution in [0.15, 0.2) is 47.4 Å². The normalized spacial score (nSPS) is 14.7. The molecule has 32 heavy (non-hydrogen) atoms. The first-order chi connectivity index (χ1) is 15.3. The number of carbonyl (C=O) groups excluding carboxylic acids is 1. The molecule has 1 aliphatic rings. The molecule has 1 aliphatic heterocycles. The number of ether oxygens (including phenoxy) is 2. The Hall–Kier alpha value is -2.33. The van der Waals surface area contributed by atoms with E-state index in [1.807, 2.05) is 19.1 Å². The standard InChI is InChI=1S/C22H28ClN3O5S/c1-17-3-5-18(6-4-17)25-32(28,29)19-7-8-21(20(23)15-19)31-16-22(27)24-9-2-10-26-11-13-30-14-12-26/h3-8,15,25H,2,9-14,16H2,1H3,(H,24,27). The van der Waals surface area contributed by atoms with Crippen LogP contribution in [0.3, 0.4) is 0 Å². The highest BCUT2D eigenvalue weighted by atomic mass is 35.5. The lowest BCUT2D eigenvalue weighted by atomic mass is 10.2. The van der Waals surface area contributed by atoms with E-state index < -0.39 is 10.0 Å². The summed E-state index contributed by atoms with van der Waals surface area (Å²) in [4.78, 5) is 14.3. The van der Waals surface area contributed by atoms with Crippen LogP contribution >= 0.6 is 11.6 Å². The highest BCUT2D eigenvalue weighted by Gasteiger charge is 2.17.